The fourth-order valence-corrected chi connectivity index (χ4v) is 10.4. The number of methoxy groups -OCH3 is 2. The zero-order chi connectivity index (χ0) is 42.3. The highest BCUT2D eigenvalue weighted by Crippen LogP contribution is 2.57. The van der Waals surface area contributed by atoms with Gasteiger partial charge in [0.1, 0.15) is 24.7 Å². The predicted molar refractivity (Wildman–Crippen MR) is 219 cm³/mol. The van der Waals surface area contributed by atoms with Gasteiger partial charge in [-0.25, -0.2) is 9.59 Å². The Hall–Kier alpha value is -5.02. The standard InChI is InChI=1S/C44H60N6O9/c1-26(2)38(41(55)58-4)49-39(53)35(18-37(52)57-3)47-36(51)23-46-43-19-27-17-28(20-43)22-44(21-27,25-43)50-40(54)34(15-9-10-16-45)48-42(56)59-24-33-31-13-7-5-11-29(31)30-12-6-8-14-32(30)33/h5-8,11-14,26-28,33-35,38,46H,9-10,15-25,45H2,1-4H3,(H,47,51)(H,48,56)(H,49,53)(H,50,54)/t27-,28+,34-,35-,38-,43?,44?/m0/s1. The fraction of sp³-hybridized carbons (Fsp3) is 0.591. The first-order chi connectivity index (χ1) is 28.3. The Morgan fingerprint density at radius 1 is 0.780 bits per heavy atom. The minimum atomic E-state index is -1.29. The van der Waals surface area contributed by atoms with Crippen LogP contribution in [0.25, 0.3) is 11.1 Å². The third kappa shape index (κ3) is 10.2. The molecule has 0 heterocycles. The molecule has 2 aromatic rings. The van der Waals surface area contributed by atoms with Gasteiger partial charge in [0.2, 0.25) is 17.7 Å². The van der Waals surface area contributed by atoms with Gasteiger partial charge in [-0.3, -0.25) is 19.2 Å². The van der Waals surface area contributed by atoms with Crippen LogP contribution >= 0.6 is 0 Å². The minimum absolute atomic E-state index is 0.116. The van der Waals surface area contributed by atoms with Gasteiger partial charge >= 0.3 is 18.0 Å². The molecule has 5 aliphatic rings. The predicted octanol–water partition coefficient (Wildman–Crippen LogP) is 3.18. The molecule has 15 nitrogen and oxygen atoms in total. The lowest BCUT2D eigenvalue weighted by Crippen LogP contribution is -2.70. The highest BCUT2D eigenvalue weighted by atomic mass is 16.5. The number of esters is 2. The van der Waals surface area contributed by atoms with Crippen molar-refractivity contribution >= 4 is 35.8 Å². The molecule has 4 amide bonds. The second-order valence-electron chi connectivity index (χ2n) is 17.3. The van der Waals surface area contributed by atoms with Gasteiger partial charge in [0, 0.05) is 17.0 Å². The van der Waals surface area contributed by atoms with E-state index in [0.717, 1.165) is 54.4 Å². The van der Waals surface area contributed by atoms with Crippen molar-refractivity contribution in [2.45, 2.75) is 113 Å². The van der Waals surface area contributed by atoms with Crippen LogP contribution in [0.2, 0.25) is 0 Å². The number of rotatable bonds is 19. The molecule has 2 unspecified atom stereocenters. The number of hydrogen-bond acceptors (Lipinski definition) is 11. The Morgan fingerprint density at radius 2 is 1.41 bits per heavy atom. The number of carbonyl (C=O) groups excluding carboxylic acids is 6. The molecule has 4 saturated carbocycles. The Balaban J connectivity index is 1.08. The zero-order valence-electron chi connectivity index (χ0n) is 34.6. The topological polar surface area (TPSA) is 216 Å². The molecule has 0 aromatic heterocycles. The van der Waals surface area contributed by atoms with E-state index in [-0.39, 0.29) is 30.9 Å². The molecule has 4 bridgehead atoms. The SMILES string of the molecule is COC(=O)C[C@H](NC(=O)CNC12C[C@H]3C[C@@H](C1)CC(NC(=O)[C@H](CCCCN)NC(=O)OCC1c4ccccc4-c4ccccc41)(C3)C2)C(=O)N[C@H](C(=O)OC)C(C)C. The summed E-state index contributed by atoms with van der Waals surface area (Å²) >= 11 is 0. The molecular weight excluding hydrogens is 757 g/mol. The fourth-order valence-electron chi connectivity index (χ4n) is 10.4. The second-order valence-corrected chi connectivity index (χ2v) is 17.3. The number of nitrogens with two attached hydrogens (primary N) is 1. The Bertz CT molecular complexity index is 1830. The Kier molecular flexibility index (Phi) is 14.0. The number of fused-ring (bicyclic) bond motifs is 3. The van der Waals surface area contributed by atoms with Crippen molar-refractivity contribution in [2.75, 3.05) is 33.9 Å². The van der Waals surface area contributed by atoms with E-state index in [4.69, 9.17) is 19.9 Å². The number of amides is 4. The van der Waals surface area contributed by atoms with Crippen LogP contribution in [-0.4, -0.2) is 98.9 Å². The molecule has 7 rings (SSSR count). The number of hydrogen-bond donors (Lipinski definition) is 6. The van der Waals surface area contributed by atoms with Gasteiger partial charge in [-0.05, 0) is 104 Å². The van der Waals surface area contributed by atoms with E-state index in [9.17, 15) is 28.8 Å². The number of unbranched alkanes of at least 4 members (excludes halogenated alkanes) is 1. The van der Waals surface area contributed by atoms with E-state index in [1.807, 2.05) is 24.3 Å². The lowest BCUT2D eigenvalue weighted by Gasteiger charge is -2.62. The molecule has 320 valence electrons. The summed E-state index contributed by atoms with van der Waals surface area (Å²) in [6.45, 7) is 3.94. The van der Waals surface area contributed by atoms with Crippen LogP contribution in [0.15, 0.2) is 48.5 Å². The van der Waals surface area contributed by atoms with Crippen molar-refractivity contribution in [1.82, 2.24) is 26.6 Å². The third-order valence-electron chi connectivity index (χ3n) is 12.6. The van der Waals surface area contributed by atoms with E-state index >= 15 is 0 Å². The van der Waals surface area contributed by atoms with Crippen molar-refractivity contribution in [3.05, 3.63) is 59.7 Å². The second kappa shape index (κ2) is 18.9. The van der Waals surface area contributed by atoms with Gasteiger partial charge in [0.05, 0.1) is 27.2 Å². The third-order valence-corrected chi connectivity index (χ3v) is 12.6. The van der Waals surface area contributed by atoms with Crippen LogP contribution in [0, 0.1) is 17.8 Å². The van der Waals surface area contributed by atoms with E-state index in [1.54, 1.807) is 13.8 Å². The van der Waals surface area contributed by atoms with Gasteiger partial charge < -0.3 is 46.5 Å². The molecule has 0 aliphatic heterocycles. The van der Waals surface area contributed by atoms with E-state index < -0.39 is 65.5 Å². The van der Waals surface area contributed by atoms with Crippen molar-refractivity contribution in [2.24, 2.45) is 23.5 Å². The van der Waals surface area contributed by atoms with Gasteiger partial charge in [0.25, 0.3) is 0 Å². The zero-order valence-corrected chi connectivity index (χ0v) is 34.6. The molecule has 0 spiro atoms. The van der Waals surface area contributed by atoms with E-state index in [2.05, 4.69) is 50.8 Å². The molecule has 0 saturated heterocycles. The Labute approximate surface area is 346 Å². The van der Waals surface area contributed by atoms with Crippen LogP contribution < -0.4 is 32.3 Å². The van der Waals surface area contributed by atoms with Crippen LogP contribution in [0.1, 0.15) is 95.1 Å². The van der Waals surface area contributed by atoms with Crippen molar-refractivity contribution in [1.29, 1.82) is 0 Å². The van der Waals surface area contributed by atoms with Crippen LogP contribution in [0.5, 0.6) is 0 Å². The molecule has 4 fully saturated rings. The average molecular weight is 817 g/mol. The summed E-state index contributed by atoms with van der Waals surface area (Å²) in [5.74, 6) is -2.61. The first-order valence-corrected chi connectivity index (χ1v) is 20.9. The maximum Gasteiger partial charge on any atom is 0.407 e. The van der Waals surface area contributed by atoms with Gasteiger partial charge in [-0.2, -0.15) is 0 Å². The lowest BCUT2D eigenvalue weighted by molar-refractivity contribution is -0.147. The molecular formula is C44H60N6O9. The first-order valence-electron chi connectivity index (χ1n) is 20.9. The highest BCUT2D eigenvalue weighted by Gasteiger charge is 2.58. The number of benzene rings is 2. The molecule has 0 radical (unpaired) electrons. The monoisotopic (exact) mass is 816 g/mol. The van der Waals surface area contributed by atoms with Gasteiger partial charge in [-0.1, -0.05) is 62.4 Å². The van der Waals surface area contributed by atoms with E-state index in [0.29, 0.717) is 44.1 Å². The smallest absolute Gasteiger partial charge is 0.407 e. The summed E-state index contributed by atoms with van der Waals surface area (Å²) in [6, 6.07) is 13.1. The van der Waals surface area contributed by atoms with Crippen LogP contribution in [0.4, 0.5) is 4.79 Å². The summed E-state index contributed by atoms with van der Waals surface area (Å²) in [5, 5.41) is 15.0. The molecule has 5 aliphatic carbocycles. The number of carbonyl (C=O) groups is 6. The summed E-state index contributed by atoms with van der Waals surface area (Å²) in [5.41, 5.74) is 9.27. The van der Waals surface area contributed by atoms with Gasteiger partial charge in [0.15, 0.2) is 0 Å². The summed E-state index contributed by atoms with van der Waals surface area (Å²) in [6.07, 6.45) is 5.53. The first kappa shape index (κ1) is 43.6. The summed E-state index contributed by atoms with van der Waals surface area (Å²) in [4.78, 5) is 78.9. The van der Waals surface area contributed by atoms with Crippen molar-refractivity contribution in [3.8, 4) is 11.1 Å². The molecule has 7 N–H and O–H groups in total. The van der Waals surface area contributed by atoms with Crippen molar-refractivity contribution in [3.63, 3.8) is 0 Å². The van der Waals surface area contributed by atoms with Crippen molar-refractivity contribution < 1.29 is 43.0 Å². The maximum absolute atomic E-state index is 14.2. The number of ether oxygens (including phenoxy) is 3. The van der Waals surface area contributed by atoms with Crippen LogP contribution in [-0.2, 0) is 38.2 Å². The molecule has 2 aromatic carbocycles. The maximum atomic E-state index is 14.2. The lowest BCUT2D eigenvalue weighted by atomic mass is 9.49. The molecule has 7 atom stereocenters. The van der Waals surface area contributed by atoms with Crippen LogP contribution in [0.3, 0.4) is 0 Å². The quantitative estimate of drug-likeness (QED) is 0.0688. The Morgan fingerprint density at radius 3 is 2.00 bits per heavy atom. The average Bonchev–Trinajstić information content (AvgIpc) is 3.52. The molecule has 15 heteroatoms. The summed E-state index contributed by atoms with van der Waals surface area (Å²) in [7, 11) is 2.41. The molecule has 59 heavy (non-hydrogen) atoms. The highest BCUT2D eigenvalue weighted by molar-refractivity contribution is 5.93. The van der Waals surface area contributed by atoms with E-state index in [1.165, 1.54) is 14.2 Å². The normalized spacial score (nSPS) is 23.9. The largest absolute Gasteiger partial charge is 0.469 e. The summed E-state index contributed by atoms with van der Waals surface area (Å²) < 4.78 is 15.4. The minimum Gasteiger partial charge on any atom is -0.469 e. The number of nitrogens with one attached hydrogen (secondary N) is 5. The number of alkyl carbamates (subject to hydrolysis) is 1. The van der Waals surface area contributed by atoms with Gasteiger partial charge in [-0.15, -0.1) is 0 Å².